The Morgan fingerprint density at radius 1 is 1.42 bits per heavy atom. The second-order valence-corrected chi connectivity index (χ2v) is 7.92. The maximum atomic E-state index is 12.2. The Hall–Kier alpha value is -2.13. The molecule has 0 saturated heterocycles. The van der Waals surface area contributed by atoms with Crippen LogP contribution in [0.1, 0.15) is 12.6 Å². The summed E-state index contributed by atoms with van der Waals surface area (Å²) in [7, 11) is -2.17. The van der Waals surface area contributed by atoms with Crippen LogP contribution in [0.4, 0.5) is 10.8 Å². The van der Waals surface area contributed by atoms with Crippen molar-refractivity contribution in [3.05, 3.63) is 35.3 Å². The maximum Gasteiger partial charge on any atom is 0.233 e. The first-order chi connectivity index (χ1) is 11.3. The van der Waals surface area contributed by atoms with E-state index in [2.05, 4.69) is 15.0 Å². The number of nitrogens with one attached hydrogen (secondary N) is 2. The number of hydrogen-bond acceptors (Lipinski definition) is 6. The van der Waals surface area contributed by atoms with E-state index in [-0.39, 0.29) is 11.7 Å². The number of carbonyl (C=O) groups is 1. The number of amides is 1. The molecule has 0 radical (unpaired) electrons. The number of benzene rings is 1. The van der Waals surface area contributed by atoms with E-state index in [4.69, 9.17) is 4.74 Å². The summed E-state index contributed by atoms with van der Waals surface area (Å²) in [6.07, 6.45) is 0. The van der Waals surface area contributed by atoms with E-state index >= 15 is 0 Å². The predicted octanol–water partition coefficient (Wildman–Crippen LogP) is 2.48. The third kappa shape index (κ3) is 5.20. The number of rotatable bonds is 7. The van der Waals surface area contributed by atoms with Crippen molar-refractivity contribution >= 4 is 38.1 Å². The number of nitrogens with zero attached hydrogens (tertiary/aromatic N) is 1. The van der Waals surface area contributed by atoms with E-state index in [0.29, 0.717) is 16.6 Å². The number of aryl methyl sites for hydroxylation is 1. The molecule has 24 heavy (non-hydrogen) atoms. The fourth-order valence-corrected chi connectivity index (χ4v) is 4.02. The molecule has 0 aliphatic rings. The van der Waals surface area contributed by atoms with Gasteiger partial charge in [-0.3, -0.25) is 9.52 Å². The van der Waals surface area contributed by atoms with Crippen molar-refractivity contribution in [1.29, 1.82) is 0 Å². The van der Waals surface area contributed by atoms with E-state index in [1.165, 1.54) is 18.4 Å². The van der Waals surface area contributed by atoms with Gasteiger partial charge in [0.2, 0.25) is 15.9 Å². The van der Waals surface area contributed by atoms with Crippen LogP contribution >= 0.6 is 11.3 Å². The van der Waals surface area contributed by atoms with Crippen molar-refractivity contribution in [3.63, 3.8) is 0 Å². The second-order valence-electron chi connectivity index (χ2n) is 5.30. The van der Waals surface area contributed by atoms with E-state index in [0.717, 1.165) is 5.69 Å². The largest absolute Gasteiger partial charge is 0.497 e. The van der Waals surface area contributed by atoms with Gasteiger partial charge in [0, 0.05) is 11.4 Å². The number of ether oxygens (including phenoxy) is 1. The number of anilines is 2. The number of thiazole rings is 1. The van der Waals surface area contributed by atoms with Crippen molar-refractivity contribution in [1.82, 2.24) is 4.98 Å². The maximum absolute atomic E-state index is 12.2. The Morgan fingerprint density at radius 2 is 2.17 bits per heavy atom. The smallest absolute Gasteiger partial charge is 0.233 e. The minimum atomic E-state index is -3.67. The molecule has 1 aromatic heterocycles. The Bertz CT molecular complexity index is 818. The number of sulfonamides is 1. The van der Waals surface area contributed by atoms with Gasteiger partial charge in [0.25, 0.3) is 0 Å². The number of aromatic nitrogens is 1. The van der Waals surface area contributed by atoms with Crippen molar-refractivity contribution in [2.75, 3.05) is 22.9 Å². The highest BCUT2D eigenvalue weighted by Crippen LogP contribution is 2.19. The lowest BCUT2D eigenvalue weighted by Crippen LogP contribution is -2.29. The molecule has 2 rings (SSSR count). The van der Waals surface area contributed by atoms with E-state index in [9.17, 15) is 13.2 Å². The molecule has 9 heteroatoms. The SMILES string of the molecule is COc1cccc(NS(=O)(=O)CC(C)C(=O)Nc2nc(C)cs2)c1. The molecule has 7 nitrogen and oxygen atoms in total. The van der Waals surface area contributed by atoms with Gasteiger partial charge in [0.15, 0.2) is 5.13 Å². The molecule has 0 fully saturated rings. The van der Waals surface area contributed by atoms with E-state index < -0.39 is 15.9 Å². The standard InChI is InChI=1S/C15H19N3O4S2/c1-10(14(19)17-15-16-11(2)8-23-15)9-24(20,21)18-12-5-4-6-13(7-12)22-3/h4-8,10,18H,9H2,1-3H3,(H,16,17,19). The summed E-state index contributed by atoms with van der Waals surface area (Å²) in [6.45, 7) is 3.37. The average Bonchev–Trinajstić information content (AvgIpc) is 2.91. The van der Waals surface area contributed by atoms with Crippen LogP contribution in [0.2, 0.25) is 0 Å². The highest BCUT2D eigenvalue weighted by Gasteiger charge is 2.22. The molecular formula is C15H19N3O4S2. The van der Waals surface area contributed by atoms with Gasteiger partial charge in [-0.25, -0.2) is 13.4 Å². The Morgan fingerprint density at radius 3 is 2.79 bits per heavy atom. The molecule has 0 aliphatic carbocycles. The van der Waals surface area contributed by atoms with E-state index in [1.807, 2.05) is 6.92 Å². The first kappa shape index (κ1) is 18.2. The Labute approximate surface area is 145 Å². The molecule has 0 spiro atoms. The first-order valence-corrected chi connectivity index (χ1v) is 9.70. The third-order valence-corrected chi connectivity index (χ3v) is 5.47. The van der Waals surface area contributed by atoms with Crippen molar-refractivity contribution < 1.29 is 17.9 Å². The predicted molar refractivity (Wildman–Crippen MR) is 95.0 cm³/mol. The molecule has 1 heterocycles. The summed E-state index contributed by atoms with van der Waals surface area (Å²) in [4.78, 5) is 16.2. The van der Waals surface area contributed by atoms with Crippen LogP contribution in [0.15, 0.2) is 29.6 Å². The molecule has 1 atom stereocenters. The summed E-state index contributed by atoms with van der Waals surface area (Å²) in [5.74, 6) is -0.904. The van der Waals surface area contributed by atoms with E-state index in [1.54, 1.807) is 36.6 Å². The normalized spacial score (nSPS) is 12.5. The van der Waals surface area contributed by atoms with Gasteiger partial charge in [0.1, 0.15) is 5.75 Å². The van der Waals surface area contributed by atoms with Gasteiger partial charge in [-0.1, -0.05) is 13.0 Å². The first-order valence-electron chi connectivity index (χ1n) is 7.16. The molecule has 2 aromatic rings. The van der Waals surface area contributed by atoms with Crippen LogP contribution < -0.4 is 14.8 Å². The molecule has 0 aliphatic heterocycles. The molecule has 130 valence electrons. The Balaban J connectivity index is 1.98. The highest BCUT2D eigenvalue weighted by atomic mass is 32.2. The van der Waals surface area contributed by atoms with Crippen LogP contribution in [0.3, 0.4) is 0 Å². The zero-order valence-electron chi connectivity index (χ0n) is 13.6. The molecule has 1 aromatic carbocycles. The van der Waals surface area contributed by atoms with Crippen LogP contribution in [-0.4, -0.2) is 32.2 Å². The third-order valence-electron chi connectivity index (χ3n) is 3.11. The quantitative estimate of drug-likeness (QED) is 0.781. The lowest BCUT2D eigenvalue weighted by atomic mass is 10.2. The zero-order chi connectivity index (χ0) is 17.7. The van der Waals surface area contributed by atoms with Crippen molar-refractivity contribution in [2.24, 2.45) is 5.92 Å². The lowest BCUT2D eigenvalue weighted by molar-refractivity contribution is -0.118. The fourth-order valence-electron chi connectivity index (χ4n) is 1.95. The average molecular weight is 369 g/mol. The van der Waals surface area contributed by atoms with Crippen LogP contribution in [-0.2, 0) is 14.8 Å². The van der Waals surface area contributed by atoms with Gasteiger partial charge in [0.05, 0.1) is 30.2 Å². The van der Waals surface area contributed by atoms with Gasteiger partial charge in [-0.15, -0.1) is 11.3 Å². The highest BCUT2D eigenvalue weighted by molar-refractivity contribution is 7.92. The van der Waals surface area contributed by atoms with Crippen molar-refractivity contribution in [3.8, 4) is 5.75 Å². The van der Waals surface area contributed by atoms with Crippen LogP contribution in [0, 0.1) is 12.8 Å². The zero-order valence-corrected chi connectivity index (χ0v) is 15.2. The molecular weight excluding hydrogens is 350 g/mol. The van der Waals surface area contributed by atoms with Crippen LogP contribution in [0.5, 0.6) is 5.75 Å². The van der Waals surface area contributed by atoms with Crippen molar-refractivity contribution in [2.45, 2.75) is 13.8 Å². The minimum Gasteiger partial charge on any atom is -0.497 e. The number of hydrogen-bond donors (Lipinski definition) is 2. The molecule has 2 N–H and O–H groups in total. The molecule has 0 saturated carbocycles. The summed E-state index contributed by atoms with van der Waals surface area (Å²) in [5, 5.41) is 4.89. The summed E-state index contributed by atoms with van der Waals surface area (Å²) < 4.78 is 32.0. The number of carbonyl (C=O) groups excluding carboxylic acids is 1. The monoisotopic (exact) mass is 369 g/mol. The lowest BCUT2D eigenvalue weighted by Gasteiger charge is -2.13. The summed E-state index contributed by atoms with van der Waals surface area (Å²) in [6, 6.07) is 6.57. The fraction of sp³-hybridized carbons (Fsp3) is 0.333. The summed E-state index contributed by atoms with van der Waals surface area (Å²) >= 11 is 1.30. The molecule has 1 amide bonds. The molecule has 1 unspecified atom stereocenters. The van der Waals surface area contributed by atoms with Gasteiger partial charge >= 0.3 is 0 Å². The number of methoxy groups -OCH3 is 1. The summed E-state index contributed by atoms with van der Waals surface area (Å²) in [5.41, 5.74) is 1.19. The minimum absolute atomic E-state index is 0.333. The van der Waals surface area contributed by atoms with Gasteiger partial charge in [-0.2, -0.15) is 0 Å². The Kier molecular flexibility index (Phi) is 5.79. The van der Waals surface area contributed by atoms with Gasteiger partial charge in [-0.05, 0) is 19.1 Å². The van der Waals surface area contributed by atoms with Gasteiger partial charge < -0.3 is 10.1 Å². The topological polar surface area (TPSA) is 97.4 Å². The molecule has 0 bridgehead atoms. The second kappa shape index (κ2) is 7.63. The van der Waals surface area contributed by atoms with Crippen LogP contribution in [0.25, 0.3) is 0 Å².